The average Bonchev–Trinajstić information content (AvgIpc) is 3.28. The monoisotopic (exact) mass is 485 g/mol. The van der Waals surface area contributed by atoms with E-state index in [-0.39, 0.29) is 28.9 Å². The van der Waals surface area contributed by atoms with E-state index in [1.54, 1.807) is 19.9 Å². The fraction of sp³-hybridized carbons (Fsp3) is 0.423. The maximum Gasteiger partial charge on any atom is 0.354 e. The highest BCUT2D eigenvalue weighted by Gasteiger charge is 2.45. The summed E-state index contributed by atoms with van der Waals surface area (Å²) in [6.07, 6.45) is 0.594. The fourth-order valence-electron chi connectivity index (χ4n) is 4.76. The molecular formula is C26H32FN3O5. The summed E-state index contributed by atoms with van der Waals surface area (Å²) in [7, 11) is 1.22. The van der Waals surface area contributed by atoms with Crippen molar-refractivity contribution < 1.29 is 33.5 Å². The van der Waals surface area contributed by atoms with Crippen molar-refractivity contribution in [2.24, 2.45) is 0 Å². The lowest BCUT2D eigenvalue weighted by molar-refractivity contribution is -0.896. The van der Waals surface area contributed by atoms with Crippen LogP contribution in [0.2, 0.25) is 0 Å². The number of nitrogens with zero attached hydrogens (tertiary/aromatic N) is 1. The number of aromatic nitrogens is 1. The first-order valence-electron chi connectivity index (χ1n) is 11.8. The number of methoxy groups -OCH3 is 1. The maximum atomic E-state index is 14.9. The van der Waals surface area contributed by atoms with Crippen LogP contribution in [0.25, 0.3) is 5.76 Å². The number of rotatable bonds is 9. The third-order valence-corrected chi connectivity index (χ3v) is 6.71. The van der Waals surface area contributed by atoms with E-state index in [0.717, 1.165) is 19.6 Å². The zero-order chi connectivity index (χ0) is 25.9. The number of ether oxygens (including phenoxy) is 1. The number of carbonyl (C=O) groups excluding carboxylic acids is 3. The van der Waals surface area contributed by atoms with E-state index < -0.39 is 35.3 Å². The number of esters is 1. The Morgan fingerprint density at radius 2 is 1.86 bits per heavy atom. The Kier molecular flexibility index (Phi) is 8.11. The summed E-state index contributed by atoms with van der Waals surface area (Å²) in [6, 6.07) is 4.69. The zero-order valence-electron chi connectivity index (χ0n) is 20.8. The van der Waals surface area contributed by atoms with Crippen molar-refractivity contribution in [3.8, 4) is 0 Å². The Balaban J connectivity index is 2.14. The Hall–Kier alpha value is -3.46. The SMILES string of the molecule is CC[NH+](CC)CCCN1C(=O)C(=O)/C(=C(/[O-])c2c(C)[nH]c(C(=O)OC)c2C)C1c1ccccc1F. The third-order valence-electron chi connectivity index (χ3n) is 6.71. The van der Waals surface area contributed by atoms with Crippen molar-refractivity contribution >= 4 is 23.4 Å². The fourth-order valence-corrected chi connectivity index (χ4v) is 4.76. The number of hydrogen-bond acceptors (Lipinski definition) is 5. The van der Waals surface area contributed by atoms with Gasteiger partial charge in [-0.2, -0.15) is 0 Å². The first-order chi connectivity index (χ1) is 16.7. The minimum atomic E-state index is -1.15. The molecule has 1 aliphatic heterocycles. The predicted octanol–water partition coefficient (Wildman–Crippen LogP) is 1.10. The van der Waals surface area contributed by atoms with E-state index in [4.69, 9.17) is 4.74 Å². The molecule has 1 atom stereocenters. The molecule has 0 saturated carbocycles. The molecule has 2 heterocycles. The number of hydrogen-bond donors (Lipinski definition) is 2. The summed E-state index contributed by atoms with van der Waals surface area (Å²) in [5.41, 5.74) is 0.644. The van der Waals surface area contributed by atoms with Crippen molar-refractivity contribution in [1.29, 1.82) is 0 Å². The van der Waals surface area contributed by atoms with E-state index >= 15 is 0 Å². The molecule has 3 rings (SSSR count). The van der Waals surface area contributed by atoms with E-state index in [1.165, 1.54) is 35.1 Å². The van der Waals surface area contributed by atoms with Crippen LogP contribution in [0.3, 0.4) is 0 Å². The van der Waals surface area contributed by atoms with Crippen molar-refractivity contribution in [1.82, 2.24) is 9.88 Å². The molecule has 1 saturated heterocycles. The minimum absolute atomic E-state index is 0.0873. The molecule has 1 aromatic carbocycles. The molecule has 1 aliphatic rings. The highest BCUT2D eigenvalue weighted by molar-refractivity contribution is 6.46. The van der Waals surface area contributed by atoms with Gasteiger partial charge >= 0.3 is 5.97 Å². The highest BCUT2D eigenvalue weighted by atomic mass is 19.1. The van der Waals surface area contributed by atoms with Crippen LogP contribution >= 0.6 is 0 Å². The Bertz CT molecular complexity index is 1170. The summed E-state index contributed by atoms with van der Waals surface area (Å²) >= 11 is 0. The number of H-pyrrole nitrogens is 1. The molecule has 2 aromatic rings. The van der Waals surface area contributed by atoms with Crippen molar-refractivity contribution in [3.63, 3.8) is 0 Å². The van der Waals surface area contributed by atoms with Gasteiger partial charge in [0, 0.05) is 29.8 Å². The van der Waals surface area contributed by atoms with Crippen LogP contribution < -0.4 is 10.0 Å². The normalized spacial score (nSPS) is 17.5. The summed E-state index contributed by atoms with van der Waals surface area (Å²) in [5.74, 6) is -3.74. The molecule has 0 bridgehead atoms. The number of quaternary nitrogens is 1. The summed E-state index contributed by atoms with van der Waals surface area (Å²) < 4.78 is 19.7. The number of ketones is 1. The second-order valence-electron chi connectivity index (χ2n) is 8.67. The summed E-state index contributed by atoms with van der Waals surface area (Å²) in [4.78, 5) is 43.8. The first-order valence-corrected chi connectivity index (χ1v) is 11.8. The number of benzene rings is 1. The zero-order valence-corrected chi connectivity index (χ0v) is 20.8. The molecule has 9 heteroatoms. The van der Waals surface area contributed by atoms with Gasteiger partial charge in [-0.05, 0) is 44.9 Å². The van der Waals surface area contributed by atoms with Gasteiger partial charge in [-0.3, -0.25) is 9.59 Å². The number of amides is 1. The second kappa shape index (κ2) is 10.9. The smallest absolute Gasteiger partial charge is 0.354 e. The lowest BCUT2D eigenvalue weighted by Gasteiger charge is -2.28. The number of halogens is 1. The molecule has 0 radical (unpaired) electrons. The standard InChI is InChI=1S/C26H32FN3O5/c1-6-29(7-2)13-10-14-30-22(17-11-8-9-12-18(17)27)20(24(32)25(30)33)23(31)19-15(3)21(26(34)35-5)28-16(19)4/h8-9,11-12,22,28,31H,6-7,10,13-14H2,1-5H3/b23-20+. The van der Waals surface area contributed by atoms with Gasteiger partial charge in [-0.1, -0.05) is 24.0 Å². The number of nitrogens with one attached hydrogen (secondary N) is 2. The topological polar surface area (TPSA) is 107 Å². The molecule has 0 aliphatic carbocycles. The molecular weight excluding hydrogens is 453 g/mol. The van der Waals surface area contributed by atoms with Crippen LogP contribution in [0.4, 0.5) is 4.39 Å². The van der Waals surface area contributed by atoms with E-state index in [2.05, 4.69) is 18.8 Å². The predicted molar refractivity (Wildman–Crippen MR) is 126 cm³/mol. The Morgan fingerprint density at radius 1 is 1.20 bits per heavy atom. The van der Waals surface area contributed by atoms with Crippen LogP contribution in [0, 0.1) is 19.7 Å². The van der Waals surface area contributed by atoms with E-state index in [9.17, 15) is 23.9 Å². The van der Waals surface area contributed by atoms with E-state index in [1.807, 2.05) is 0 Å². The van der Waals surface area contributed by atoms with Crippen molar-refractivity contribution in [3.05, 3.63) is 63.7 Å². The number of aromatic amines is 1. The van der Waals surface area contributed by atoms with Crippen molar-refractivity contribution in [2.75, 3.05) is 33.3 Å². The number of carbonyl (C=O) groups is 3. The molecule has 8 nitrogen and oxygen atoms in total. The van der Waals surface area contributed by atoms with Crippen LogP contribution in [-0.4, -0.2) is 60.8 Å². The van der Waals surface area contributed by atoms with Gasteiger partial charge in [0.2, 0.25) is 5.78 Å². The lowest BCUT2D eigenvalue weighted by atomic mass is 9.93. The van der Waals surface area contributed by atoms with Gasteiger partial charge in [-0.15, -0.1) is 0 Å². The van der Waals surface area contributed by atoms with Crippen LogP contribution in [0.15, 0.2) is 29.8 Å². The van der Waals surface area contributed by atoms with Crippen LogP contribution in [0.1, 0.15) is 59.2 Å². The Morgan fingerprint density at radius 3 is 2.46 bits per heavy atom. The van der Waals surface area contributed by atoms with Gasteiger partial charge in [0.25, 0.3) is 5.91 Å². The van der Waals surface area contributed by atoms with E-state index in [0.29, 0.717) is 17.7 Å². The van der Waals surface area contributed by atoms with Gasteiger partial charge in [-0.25, -0.2) is 9.18 Å². The van der Waals surface area contributed by atoms with Gasteiger partial charge in [0.05, 0.1) is 32.8 Å². The Labute approximate surface area is 204 Å². The van der Waals surface area contributed by atoms with Crippen LogP contribution in [0.5, 0.6) is 0 Å². The quantitative estimate of drug-likeness (QED) is 0.239. The summed E-state index contributed by atoms with van der Waals surface area (Å²) in [5, 5.41) is 13.7. The minimum Gasteiger partial charge on any atom is -0.872 e. The molecule has 0 spiro atoms. The second-order valence-corrected chi connectivity index (χ2v) is 8.67. The van der Waals surface area contributed by atoms with Gasteiger partial charge < -0.3 is 24.6 Å². The lowest BCUT2D eigenvalue weighted by Crippen LogP contribution is -3.11. The third kappa shape index (κ3) is 4.86. The molecule has 188 valence electrons. The maximum absolute atomic E-state index is 14.9. The first kappa shape index (κ1) is 26.2. The molecule has 2 N–H and O–H groups in total. The highest BCUT2D eigenvalue weighted by Crippen LogP contribution is 2.40. The van der Waals surface area contributed by atoms with Gasteiger partial charge in [0.1, 0.15) is 11.5 Å². The van der Waals surface area contributed by atoms with Crippen molar-refractivity contribution in [2.45, 2.75) is 40.2 Å². The van der Waals surface area contributed by atoms with Crippen LogP contribution in [-0.2, 0) is 14.3 Å². The average molecular weight is 486 g/mol. The van der Waals surface area contributed by atoms with Gasteiger partial charge in [0.15, 0.2) is 0 Å². The molecule has 1 aromatic heterocycles. The molecule has 35 heavy (non-hydrogen) atoms. The molecule has 1 amide bonds. The molecule has 1 unspecified atom stereocenters. The number of aryl methyl sites for hydroxylation is 1. The summed E-state index contributed by atoms with van der Waals surface area (Å²) in [6.45, 7) is 10.1. The largest absolute Gasteiger partial charge is 0.872 e. The number of Topliss-reactive ketones (excluding diaryl/α,β-unsaturated/α-hetero) is 1. The molecule has 1 fully saturated rings. The number of likely N-dealkylation sites (tertiary alicyclic amines) is 1.